The molecule has 41 heavy (non-hydrogen) atoms. The third kappa shape index (κ3) is 3.99. The lowest BCUT2D eigenvalue weighted by molar-refractivity contribution is -0.342. The number of cyclic esters (lactones) is 1. The summed E-state index contributed by atoms with van der Waals surface area (Å²) in [5, 5.41) is 89.6. The Bertz CT molecular complexity index is 1080. The highest BCUT2D eigenvalue weighted by atomic mass is 16.7. The quantitative estimate of drug-likeness (QED) is 0.140. The van der Waals surface area contributed by atoms with Crippen molar-refractivity contribution in [1.29, 1.82) is 0 Å². The van der Waals surface area contributed by atoms with E-state index in [1.54, 1.807) is 0 Å². The summed E-state index contributed by atoms with van der Waals surface area (Å²) in [6.45, 7) is 3.00. The number of carbonyl (C=O) groups excluding carboxylic acids is 1. The number of aliphatic hydroxyl groups is 8. The van der Waals surface area contributed by atoms with E-state index < -0.39 is 95.5 Å². The van der Waals surface area contributed by atoms with E-state index in [1.807, 2.05) is 6.92 Å². The summed E-state index contributed by atoms with van der Waals surface area (Å²) in [7, 11) is 0. The fourth-order valence-corrected chi connectivity index (χ4v) is 10.1. The molecule has 4 aliphatic carbocycles. The van der Waals surface area contributed by atoms with Crippen molar-refractivity contribution in [3.63, 3.8) is 0 Å². The second-order valence-electron chi connectivity index (χ2n) is 13.8. The number of carbonyl (C=O) groups is 1. The predicted octanol–water partition coefficient (Wildman–Crippen LogP) is -1.51. The summed E-state index contributed by atoms with van der Waals surface area (Å²) in [6.07, 6.45) is -6.68. The van der Waals surface area contributed by atoms with Gasteiger partial charge in [0.05, 0.1) is 47.6 Å². The standard InChI is InChI=1S/C29H44O12/c1-13-22(34)23(35)24(36)25(40-13)41-15-8-19(32)28(12-30)21-17(3-5-27(28,37)9-15)29(38)6-4-16(14-7-20(33)39-11-14)26(29,2)10-18(21)31/h7,13,15-19,21-25,30-32,34-38H,3-6,8-12H2,1-2H3/t13-,15+,16-,17?,18-,19-,21?,22+,23+,24+,25+,26-,27+,28-,29+/m0/s1. The first-order valence-corrected chi connectivity index (χ1v) is 14.9. The van der Waals surface area contributed by atoms with Gasteiger partial charge in [-0.05, 0) is 56.4 Å². The molecule has 4 saturated carbocycles. The summed E-state index contributed by atoms with van der Waals surface area (Å²) >= 11 is 0. The number of ether oxygens (including phenoxy) is 3. The Hall–Kier alpha value is -1.19. The largest absolute Gasteiger partial charge is 0.458 e. The number of hydrogen-bond donors (Lipinski definition) is 8. The van der Waals surface area contributed by atoms with Crippen molar-refractivity contribution >= 4 is 5.97 Å². The number of fused-ring (bicyclic) bond motifs is 5. The fraction of sp³-hybridized carbons (Fsp3) is 0.897. The smallest absolute Gasteiger partial charge is 0.331 e. The minimum absolute atomic E-state index is 0.0369. The van der Waals surface area contributed by atoms with Gasteiger partial charge in [0.15, 0.2) is 6.29 Å². The van der Waals surface area contributed by atoms with Crippen LogP contribution in [0, 0.1) is 28.6 Å². The molecule has 0 radical (unpaired) electrons. The van der Waals surface area contributed by atoms with E-state index in [2.05, 4.69) is 0 Å². The maximum atomic E-state index is 12.4. The fourth-order valence-electron chi connectivity index (χ4n) is 10.1. The summed E-state index contributed by atoms with van der Waals surface area (Å²) in [4.78, 5) is 11.8. The van der Waals surface area contributed by atoms with E-state index in [0.717, 1.165) is 5.57 Å². The van der Waals surface area contributed by atoms with Crippen LogP contribution in [0.4, 0.5) is 0 Å². The van der Waals surface area contributed by atoms with Crippen LogP contribution < -0.4 is 0 Å². The molecule has 0 amide bonds. The maximum absolute atomic E-state index is 12.4. The monoisotopic (exact) mass is 584 g/mol. The summed E-state index contributed by atoms with van der Waals surface area (Å²) in [6, 6.07) is 0. The van der Waals surface area contributed by atoms with Gasteiger partial charge in [0.2, 0.25) is 0 Å². The molecule has 8 N–H and O–H groups in total. The SMILES string of the molecule is C[C@@H]1O[C@H](O[C@@H]2C[C@H](O)[C@@]3(CO)C4C(CC[C@@]3(O)C2)[C@]2(O)CC[C@@H](C3=CC(=O)OC3)[C@]2(C)C[C@@H]4O)[C@H](O)[C@H](O)[C@@H]1O. The minimum Gasteiger partial charge on any atom is -0.458 e. The first kappa shape index (κ1) is 29.9. The number of rotatable bonds is 4. The van der Waals surface area contributed by atoms with Gasteiger partial charge in [-0.3, -0.25) is 0 Å². The van der Waals surface area contributed by atoms with E-state index in [1.165, 1.54) is 13.0 Å². The van der Waals surface area contributed by atoms with Crippen LogP contribution in [0.25, 0.3) is 0 Å². The molecule has 2 unspecified atom stereocenters. The number of esters is 1. The molecule has 12 nitrogen and oxygen atoms in total. The van der Waals surface area contributed by atoms with Crippen LogP contribution in [0.5, 0.6) is 0 Å². The molecule has 6 aliphatic rings. The first-order valence-electron chi connectivity index (χ1n) is 14.9. The Morgan fingerprint density at radius 1 is 1.02 bits per heavy atom. The van der Waals surface area contributed by atoms with Crippen LogP contribution in [-0.2, 0) is 19.0 Å². The van der Waals surface area contributed by atoms with Gasteiger partial charge in [0.25, 0.3) is 0 Å². The maximum Gasteiger partial charge on any atom is 0.331 e. The van der Waals surface area contributed by atoms with Crippen LogP contribution in [0.3, 0.4) is 0 Å². The van der Waals surface area contributed by atoms with Crippen molar-refractivity contribution in [2.75, 3.05) is 13.2 Å². The Kier molecular flexibility index (Phi) is 7.22. The number of aliphatic hydroxyl groups excluding tert-OH is 6. The zero-order valence-electron chi connectivity index (χ0n) is 23.5. The van der Waals surface area contributed by atoms with Crippen LogP contribution in [-0.4, -0.2) is 120 Å². The lowest BCUT2D eigenvalue weighted by Gasteiger charge is -2.68. The van der Waals surface area contributed by atoms with Gasteiger partial charge in [0.1, 0.15) is 24.9 Å². The molecule has 232 valence electrons. The minimum atomic E-state index is -1.67. The molecule has 2 aliphatic heterocycles. The van der Waals surface area contributed by atoms with Gasteiger partial charge < -0.3 is 55.1 Å². The molecule has 0 bridgehead atoms. The van der Waals surface area contributed by atoms with Gasteiger partial charge in [-0.2, -0.15) is 0 Å². The zero-order chi connectivity index (χ0) is 29.7. The van der Waals surface area contributed by atoms with Gasteiger partial charge in [-0.25, -0.2) is 4.79 Å². The van der Waals surface area contributed by atoms with Crippen molar-refractivity contribution in [2.24, 2.45) is 28.6 Å². The average Bonchev–Trinajstić information content (AvgIpc) is 3.45. The average molecular weight is 585 g/mol. The molecule has 1 saturated heterocycles. The van der Waals surface area contributed by atoms with Gasteiger partial charge >= 0.3 is 5.97 Å². The third-order valence-corrected chi connectivity index (χ3v) is 12.2. The highest BCUT2D eigenvalue weighted by molar-refractivity contribution is 5.85. The first-order chi connectivity index (χ1) is 19.2. The van der Waals surface area contributed by atoms with Crippen LogP contribution >= 0.6 is 0 Å². The van der Waals surface area contributed by atoms with E-state index in [0.29, 0.717) is 19.3 Å². The van der Waals surface area contributed by atoms with Crippen molar-refractivity contribution < 1.29 is 59.9 Å². The second kappa shape index (κ2) is 9.91. The van der Waals surface area contributed by atoms with Gasteiger partial charge in [0, 0.05) is 30.3 Å². The highest BCUT2D eigenvalue weighted by Crippen LogP contribution is 2.70. The molecule has 0 aromatic rings. The zero-order valence-corrected chi connectivity index (χ0v) is 23.5. The Morgan fingerprint density at radius 3 is 2.41 bits per heavy atom. The molecule has 0 aromatic carbocycles. The van der Waals surface area contributed by atoms with Crippen molar-refractivity contribution in [3.8, 4) is 0 Å². The Labute approximate surface area is 238 Å². The molecule has 0 aromatic heterocycles. The summed E-state index contributed by atoms with van der Waals surface area (Å²) in [5.74, 6) is -1.93. The molecule has 5 fully saturated rings. The van der Waals surface area contributed by atoms with Crippen LogP contribution in [0.2, 0.25) is 0 Å². The molecule has 15 atom stereocenters. The van der Waals surface area contributed by atoms with Gasteiger partial charge in [-0.15, -0.1) is 0 Å². The highest BCUT2D eigenvalue weighted by Gasteiger charge is 2.75. The van der Waals surface area contributed by atoms with E-state index in [9.17, 15) is 45.6 Å². The topological polar surface area (TPSA) is 207 Å². The van der Waals surface area contributed by atoms with E-state index in [-0.39, 0.29) is 38.2 Å². The summed E-state index contributed by atoms with van der Waals surface area (Å²) < 4.78 is 16.7. The normalized spacial score (nSPS) is 56.9. The molecular formula is C29H44O12. The Balaban J connectivity index is 1.28. The molecular weight excluding hydrogens is 540 g/mol. The molecule has 2 heterocycles. The van der Waals surface area contributed by atoms with Crippen molar-refractivity contribution in [2.45, 2.75) is 119 Å². The van der Waals surface area contributed by atoms with Crippen molar-refractivity contribution in [3.05, 3.63) is 11.6 Å². The Morgan fingerprint density at radius 2 is 1.76 bits per heavy atom. The summed E-state index contributed by atoms with van der Waals surface area (Å²) in [5.41, 5.74) is -4.46. The number of hydrogen-bond acceptors (Lipinski definition) is 12. The molecule has 0 spiro atoms. The van der Waals surface area contributed by atoms with Gasteiger partial charge in [-0.1, -0.05) is 6.92 Å². The van der Waals surface area contributed by atoms with E-state index >= 15 is 0 Å². The second-order valence-corrected chi connectivity index (χ2v) is 13.8. The third-order valence-electron chi connectivity index (χ3n) is 12.2. The van der Waals surface area contributed by atoms with E-state index in [4.69, 9.17) is 14.2 Å². The predicted molar refractivity (Wildman–Crippen MR) is 139 cm³/mol. The van der Waals surface area contributed by atoms with Crippen LogP contribution in [0.1, 0.15) is 58.8 Å². The van der Waals surface area contributed by atoms with Crippen LogP contribution in [0.15, 0.2) is 11.6 Å². The molecule has 6 rings (SSSR count). The molecule has 12 heteroatoms. The van der Waals surface area contributed by atoms with Crippen molar-refractivity contribution in [1.82, 2.24) is 0 Å². The lowest BCUT2D eigenvalue weighted by Crippen LogP contribution is -2.76. The lowest BCUT2D eigenvalue weighted by atomic mass is 9.40.